The van der Waals surface area contributed by atoms with Crippen LogP contribution in [0.3, 0.4) is 0 Å². The van der Waals surface area contributed by atoms with Crippen LogP contribution in [0.15, 0.2) is 22.7 Å². The molecule has 114 valence electrons. The van der Waals surface area contributed by atoms with Gasteiger partial charge in [-0.2, -0.15) is 0 Å². The van der Waals surface area contributed by atoms with Gasteiger partial charge in [0.15, 0.2) is 0 Å². The Morgan fingerprint density at radius 1 is 1.52 bits per heavy atom. The predicted molar refractivity (Wildman–Crippen MR) is 80.2 cm³/mol. The molecule has 0 radical (unpaired) electrons. The van der Waals surface area contributed by atoms with Crippen LogP contribution in [-0.4, -0.2) is 42.2 Å². The van der Waals surface area contributed by atoms with E-state index in [1.165, 1.54) is 4.90 Å². The molecule has 2 rings (SSSR count). The Hall–Kier alpha value is -1.76. The molecule has 1 unspecified atom stereocenters. The maximum absolute atomic E-state index is 12.0. The van der Waals surface area contributed by atoms with Crippen LogP contribution in [0, 0.1) is 5.92 Å². The SMILES string of the molecule is COc1ccc(CNC(=O)N2CCC(C(=O)O)C2)cc1Br. The largest absolute Gasteiger partial charge is 0.496 e. The third-order valence-corrected chi connectivity index (χ3v) is 4.10. The summed E-state index contributed by atoms with van der Waals surface area (Å²) in [4.78, 5) is 24.4. The lowest BCUT2D eigenvalue weighted by Gasteiger charge is -2.17. The Labute approximate surface area is 131 Å². The van der Waals surface area contributed by atoms with Gasteiger partial charge in [-0.1, -0.05) is 6.07 Å². The van der Waals surface area contributed by atoms with E-state index in [1.807, 2.05) is 18.2 Å². The van der Waals surface area contributed by atoms with Gasteiger partial charge in [0, 0.05) is 19.6 Å². The summed E-state index contributed by atoms with van der Waals surface area (Å²) < 4.78 is 5.97. The Bertz CT molecular complexity index is 550. The summed E-state index contributed by atoms with van der Waals surface area (Å²) in [7, 11) is 1.59. The lowest BCUT2D eigenvalue weighted by molar-refractivity contribution is -0.141. The number of halogens is 1. The van der Waals surface area contributed by atoms with E-state index in [0.29, 0.717) is 19.5 Å². The molecule has 0 bridgehead atoms. The maximum atomic E-state index is 12.0. The van der Waals surface area contributed by atoms with Gasteiger partial charge in [0.1, 0.15) is 5.75 Å². The number of carbonyl (C=O) groups is 2. The van der Waals surface area contributed by atoms with Gasteiger partial charge in [0.2, 0.25) is 0 Å². The number of carboxylic acid groups (broad SMARTS) is 1. The Kier molecular flexibility index (Phi) is 5.06. The second-order valence-corrected chi connectivity index (χ2v) is 5.75. The minimum atomic E-state index is -0.843. The highest BCUT2D eigenvalue weighted by Crippen LogP contribution is 2.25. The number of ether oxygens (including phenoxy) is 1. The summed E-state index contributed by atoms with van der Waals surface area (Å²) in [6, 6.07) is 5.34. The number of methoxy groups -OCH3 is 1. The number of hydrogen-bond donors (Lipinski definition) is 2. The second-order valence-electron chi connectivity index (χ2n) is 4.90. The Morgan fingerprint density at radius 2 is 2.29 bits per heavy atom. The van der Waals surface area contributed by atoms with Gasteiger partial charge in [0.05, 0.1) is 17.5 Å². The normalized spacial score (nSPS) is 17.6. The second kappa shape index (κ2) is 6.80. The number of amides is 2. The molecule has 7 heteroatoms. The minimum absolute atomic E-state index is 0.231. The van der Waals surface area contributed by atoms with E-state index in [-0.39, 0.29) is 12.6 Å². The van der Waals surface area contributed by atoms with Crippen LogP contribution >= 0.6 is 15.9 Å². The first kappa shape index (κ1) is 15.6. The molecule has 2 N–H and O–H groups in total. The highest BCUT2D eigenvalue weighted by molar-refractivity contribution is 9.10. The fourth-order valence-electron chi connectivity index (χ4n) is 2.26. The standard InChI is InChI=1S/C14H17BrN2O4/c1-21-12-3-2-9(6-11(12)15)7-16-14(20)17-5-4-10(8-17)13(18)19/h2-3,6,10H,4-5,7-8H2,1H3,(H,16,20)(H,18,19). The highest BCUT2D eigenvalue weighted by Gasteiger charge is 2.30. The zero-order valence-corrected chi connectivity index (χ0v) is 13.2. The third-order valence-electron chi connectivity index (χ3n) is 3.48. The molecule has 0 saturated carbocycles. The van der Waals surface area contributed by atoms with Crippen molar-refractivity contribution in [2.24, 2.45) is 5.92 Å². The summed E-state index contributed by atoms with van der Waals surface area (Å²) in [5.41, 5.74) is 0.935. The van der Waals surface area contributed by atoms with Crippen molar-refractivity contribution in [1.29, 1.82) is 0 Å². The first-order valence-electron chi connectivity index (χ1n) is 6.59. The lowest BCUT2D eigenvalue weighted by Crippen LogP contribution is -2.38. The molecule has 1 aromatic rings. The molecule has 21 heavy (non-hydrogen) atoms. The van der Waals surface area contributed by atoms with Gasteiger partial charge in [-0.15, -0.1) is 0 Å². The molecule has 0 spiro atoms. The number of nitrogens with one attached hydrogen (secondary N) is 1. The van der Waals surface area contributed by atoms with Gasteiger partial charge in [-0.3, -0.25) is 4.79 Å². The molecule has 1 fully saturated rings. The molecule has 1 aliphatic heterocycles. The van der Waals surface area contributed by atoms with Crippen molar-refractivity contribution >= 4 is 27.9 Å². The van der Waals surface area contributed by atoms with Crippen molar-refractivity contribution in [3.05, 3.63) is 28.2 Å². The van der Waals surface area contributed by atoms with Crippen molar-refractivity contribution in [3.63, 3.8) is 0 Å². The molecular weight excluding hydrogens is 340 g/mol. The summed E-state index contributed by atoms with van der Waals surface area (Å²) >= 11 is 3.39. The quantitative estimate of drug-likeness (QED) is 0.865. The van der Waals surface area contributed by atoms with Gasteiger partial charge in [-0.05, 0) is 40.0 Å². The molecule has 1 aromatic carbocycles. The van der Waals surface area contributed by atoms with Crippen molar-refractivity contribution in [1.82, 2.24) is 10.2 Å². The zero-order valence-electron chi connectivity index (χ0n) is 11.6. The Balaban J connectivity index is 1.87. The number of nitrogens with zero attached hydrogens (tertiary/aromatic N) is 1. The minimum Gasteiger partial charge on any atom is -0.496 e. The van der Waals surface area contributed by atoms with Crippen molar-refractivity contribution in [3.8, 4) is 5.75 Å². The molecule has 0 aromatic heterocycles. The number of carboxylic acids is 1. The smallest absolute Gasteiger partial charge is 0.317 e. The van der Waals surface area contributed by atoms with Crippen molar-refractivity contribution in [2.45, 2.75) is 13.0 Å². The van der Waals surface area contributed by atoms with Gasteiger partial charge >= 0.3 is 12.0 Å². The molecule has 1 heterocycles. The number of likely N-dealkylation sites (tertiary alicyclic amines) is 1. The van der Waals surface area contributed by atoms with E-state index in [0.717, 1.165) is 15.8 Å². The highest BCUT2D eigenvalue weighted by atomic mass is 79.9. The van der Waals surface area contributed by atoms with Crippen LogP contribution in [0.1, 0.15) is 12.0 Å². The van der Waals surface area contributed by atoms with E-state index >= 15 is 0 Å². The molecule has 1 aliphatic rings. The number of carbonyl (C=O) groups excluding carboxylic acids is 1. The van der Waals surface area contributed by atoms with Crippen molar-refractivity contribution < 1.29 is 19.4 Å². The Morgan fingerprint density at radius 3 is 2.86 bits per heavy atom. The summed E-state index contributed by atoms with van der Waals surface area (Å²) in [5, 5.41) is 11.7. The van der Waals surface area contributed by atoms with Gasteiger partial charge in [0.25, 0.3) is 0 Å². The summed E-state index contributed by atoms with van der Waals surface area (Å²) in [6.07, 6.45) is 0.511. The average Bonchev–Trinajstić information content (AvgIpc) is 2.95. The van der Waals surface area contributed by atoms with Crippen LogP contribution in [0.25, 0.3) is 0 Å². The number of aliphatic carboxylic acids is 1. The van der Waals surface area contributed by atoms with Crippen molar-refractivity contribution in [2.75, 3.05) is 20.2 Å². The monoisotopic (exact) mass is 356 g/mol. The summed E-state index contributed by atoms with van der Waals surface area (Å²) in [5.74, 6) is -0.566. The van der Waals surface area contributed by atoms with E-state index in [1.54, 1.807) is 7.11 Å². The topological polar surface area (TPSA) is 78.9 Å². The van der Waals surface area contributed by atoms with Crippen LogP contribution in [0.2, 0.25) is 0 Å². The van der Waals surface area contributed by atoms with Crippen LogP contribution in [0.5, 0.6) is 5.75 Å². The fourth-order valence-corrected chi connectivity index (χ4v) is 2.84. The molecule has 1 saturated heterocycles. The first-order chi connectivity index (χ1) is 10.0. The average molecular weight is 357 g/mol. The lowest BCUT2D eigenvalue weighted by atomic mass is 10.1. The van der Waals surface area contributed by atoms with E-state index in [4.69, 9.17) is 9.84 Å². The maximum Gasteiger partial charge on any atom is 0.317 e. The van der Waals surface area contributed by atoms with Crippen LogP contribution in [-0.2, 0) is 11.3 Å². The van der Waals surface area contributed by atoms with Gasteiger partial charge in [-0.25, -0.2) is 4.79 Å². The van der Waals surface area contributed by atoms with E-state index in [2.05, 4.69) is 21.2 Å². The molecule has 6 nitrogen and oxygen atoms in total. The molecule has 1 atom stereocenters. The summed E-state index contributed by atoms with van der Waals surface area (Å²) in [6.45, 7) is 1.14. The third kappa shape index (κ3) is 3.87. The first-order valence-corrected chi connectivity index (χ1v) is 7.38. The fraction of sp³-hybridized carbons (Fsp3) is 0.429. The zero-order chi connectivity index (χ0) is 15.4. The van der Waals surface area contributed by atoms with Gasteiger partial charge < -0.3 is 20.1 Å². The molecule has 0 aliphatic carbocycles. The predicted octanol–water partition coefficient (Wildman–Crippen LogP) is 2.07. The van der Waals surface area contributed by atoms with E-state index in [9.17, 15) is 9.59 Å². The number of urea groups is 1. The van der Waals surface area contributed by atoms with Crippen LogP contribution < -0.4 is 10.1 Å². The number of benzene rings is 1. The van der Waals surface area contributed by atoms with Crippen LogP contribution in [0.4, 0.5) is 4.79 Å². The molecule has 2 amide bonds. The molecular formula is C14H17BrN2O4. The number of rotatable bonds is 4. The number of hydrogen-bond acceptors (Lipinski definition) is 3. The van der Waals surface area contributed by atoms with E-state index < -0.39 is 11.9 Å².